The lowest BCUT2D eigenvalue weighted by atomic mass is 10.1. The summed E-state index contributed by atoms with van der Waals surface area (Å²) >= 11 is 1.53. The van der Waals surface area contributed by atoms with E-state index in [1.807, 2.05) is 18.4 Å². The third-order valence-electron chi connectivity index (χ3n) is 3.84. The van der Waals surface area contributed by atoms with Gasteiger partial charge < -0.3 is 15.6 Å². The number of aryl methyl sites for hydroxylation is 1. The highest BCUT2D eigenvalue weighted by Gasteiger charge is 2.23. The van der Waals surface area contributed by atoms with Gasteiger partial charge in [-0.3, -0.25) is 4.79 Å². The minimum absolute atomic E-state index is 0.0771. The summed E-state index contributed by atoms with van der Waals surface area (Å²) in [5.41, 5.74) is 7.75. The SMILES string of the molecule is CCCCCCCCNC(=O)c1c(-c2sccc2C)noc1N. The third-order valence-corrected chi connectivity index (χ3v) is 4.86. The largest absolute Gasteiger partial charge is 0.367 e. The highest BCUT2D eigenvalue weighted by Crippen LogP contribution is 2.33. The number of nitrogen functional groups attached to an aromatic ring is 1. The molecule has 0 saturated heterocycles. The van der Waals surface area contributed by atoms with E-state index in [0.29, 0.717) is 17.8 Å². The smallest absolute Gasteiger partial charge is 0.259 e. The van der Waals surface area contributed by atoms with Crippen LogP contribution in [-0.4, -0.2) is 17.6 Å². The molecule has 5 nitrogen and oxygen atoms in total. The van der Waals surface area contributed by atoms with E-state index in [0.717, 1.165) is 23.3 Å². The number of thiophene rings is 1. The fourth-order valence-corrected chi connectivity index (χ4v) is 3.40. The molecule has 0 saturated carbocycles. The van der Waals surface area contributed by atoms with Crippen LogP contribution in [0.5, 0.6) is 0 Å². The average Bonchev–Trinajstić information content (AvgIpc) is 3.11. The second-order valence-electron chi connectivity index (χ2n) is 5.73. The van der Waals surface area contributed by atoms with E-state index in [2.05, 4.69) is 17.4 Å². The topological polar surface area (TPSA) is 81.2 Å². The average molecular weight is 335 g/mol. The molecule has 3 N–H and O–H groups in total. The summed E-state index contributed by atoms with van der Waals surface area (Å²) in [4.78, 5) is 13.3. The lowest BCUT2D eigenvalue weighted by molar-refractivity contribution is 0.0954. The molecule has 0 aliphatic carbocycles. The van der Waals surface area contributed by atoms with Crippen LogP contribution in [0.2, 0.25) is 0 Å². The van der Waals surface area contributed by atoms with Gasteiger partial charge in [-0.05, 0) is 30.4 Å². The molecule has 2 rings (SSSR count). The molecular formula is C17H25N3O2S. The minimum atomic E-state index is -0.208. The van der Waals surface area contributed by atoms with E-state index in [9.17, 15) is 4.79 Å². The minimum Gasteiger partial charge on any atom is -0.367 e. The number of unbranched alkanes of at least 4 members (excludes halogenated alkanes) is 5. The van der Waals surface area contributed by atoms with Crippen molar-refractivity contribution in [2.24, 2.45) is 0 Å². The van der Waals surface area contributed by atoms with Crippen LogP contribution in [0.15, 0.2) is 16.0 Å². The van der Waals surface area contributed by atoms with Gasteiger partial charge >= 0.3 is 0 Å². The maximum atomic E-state index is 12.4. The van der Waals surface area contributed by atoms with Crippen LogP contribution in [0.3, 0.4) is 0 Å². The van der Waals surface area contributed by atoms with Crippen molar-refractivity contribution in [2.45, 2.75) is 52.4 Å². The summed E-state index contributed by atoms with van der Waals surface area (Å²) in [6.45, 7) is 4.84. The zero-order valence-electron chi connectivity index (χ0n) is 13.9. The van der Waals surface area contributed by atoms with Crippen LogP contribution in [0.1, 0.15) is 61.4 Å². The normalized spacial score (nSPS) is 10.9. The zero-order chi connectivity index (χ0) is 16.7. The molecule has 0 aliphatic rings. The number of hydrogen-bond acceptors (Lipinski definition) is 5. The second kappa shape index (κ2) is 8.72. The first kappa shape index (κ1) is 17.5. The molecule has 1 amide bonds. The van der Waals surface area contributed by atoms with Crippen molar-refractivity contribution in [1.82, 2.24) is 10.5 Å². The Balaban J connectivity index is 1.90. The molecule has 2 aromatic heterocycles. The van der Waals surface area contributed by atoms with Crippen molar-refractivity contribution in [3.63, 3.8) is 0 Å². The van der Waals surface area contributed by atoms with Crippen LogP contribution in [0.25, 0.3) is 10.6 Å². The first-order valence-corrected chi connectivity index (χ1v) is 9.11. The number of aromatic nitrogens is 1. The quantitative estimate of drug-likeness (QED) is 0.666. The molecule has 6 heteroatoms. The zero-order valence-corrected chi connectivity index (χ0v) is 14.7. The number of carbonyl (C=O) groups excluding carboxylic acids is 1. The number of nitrogens with zero attached hydrogens (tertiary/aromatic N) is 1. The van der Waals surface area contributed by atoms with Crippen molar-refractivity contribution in [3.8, 4) is 10.6 Å². The predicted molar refractivity (Wildman–Crippen MR) is 94.7 cm³/mol. The van der Waals surface area contributed by atoms with Crippen molar-refractivity contribution >= 4 is 23.1 Å². The van der Waals surface area contributed by atoms with Gasteiger partial charge in [0.05, 0.1) is 4.88 Å². The Hall–Kier alpha value is -1.82. The maximum absolute atomic E-state index is 12.4. The molecule has 126 valence electrons. The number of amides is 1. The Bertz CT molecular complexity index is 634. The van der Waals surface area contributed by atoms with Crippen LogP contribution >= 0.6 is 11.3 Å². The van der Waals surface area contributed by atoms with E-state index in [1.54, 1.807) is 0 Å². The lowest BCUT2D eigenvalue weighted by Gasteiger charge is -2.05. The molecule has 0 atom stereocenters. The van der Waals surface area contributed by atoms with E-state index in [1.165, 1.54) is 37.0 Å². The van der Waals surface area contributed by atoms with Crippen molar-refractivity contribution in [3.05, 3.63) is 22.6 Å². The summed E-state index contributed by atoms with van der Waals surface area (Å²) < 4.78 is 5.04. The highest BCUT2D eigenvalue weighted by molar-refractivity contribution is 7.13. The Morgan fingerprint density at radius 3 is 2.74 bits per heavy atom. The van der Waals surface area contributed by atoms with E-state index in [4.69, 9.17) is 10.3 Å². The molecule has 23 heavy (non-hydrogen) atoms. The summed E-state index contributed by atoms with van der Waals surface area (Å²) in [7, 11) is 0. The van der Waals surface area contributed by atoms with Gasteiger partial charge in [0.1, 0.15) is 11.3 Å². The van der Waals surface area contributed by atoms with E-state index in [-0.39, 0.29) is 11.8 Å². The van der Waals surface area contributed by atoms with Crippen molar-refractivity contribution in [1.29, 1.82) is 0 Å². The fraction of sp³-hybridized carbons (Fsp3) is 0.529. The summed E-state index contributed by atoms with van der Waals surface area (Å²) in [5, 5.41) is 8.86. The first-order valence-electron chi connectivity index (χ1n) is 8.23. The molecule has 0 bridgehead atoms. The molecule has 2 aromatic rings. The number of nitrogens with two attached hydrogens (primary N) is 1. The first-order chi connectivity index (χ1) is 11.1. The summed E-state index contributed by atoms with van der Waals surface area (Å²) in [6.07, 6.45) is 7.13. The number of hydrogen-bond donors (Lipinski definition) is 2. The molecule has 0 fully saturated rings. The molecule has 0 unspecified atom stereocenters. The lowest BCUT2D eigenvalue weighted by Crippen LogP contribution is -2.25. The Kier molecular flexibility index (Phi) is 6.65. The number of carbonyl (C=O) groups is 1. The third kappa shape index (κ3) is 4.58. The molecular weight excluding hydrogens is 310 g/mol. The molecule has 0 spiro atoms. The van der Waals surface area contributed by atoms with Gasteiger partial charge in [0.2, 0.25) is 5.88 Å². The predicted octanol–water partition coefficient (Wildman–Crippen LogP) is 4.38. The fourth-order valence-electron chi connectivity index (χ4n) is 2.49. The number of anilines is 1. The number of rotatable bonds is 9. The highest BCUT2D eigenvalue weighted by atomic mass is 32.1. The molecule has 0 aliphatic heterocycles. The molecule has 0 radical (unpaired) electrons. The van der Waals surface area contributed by atoms with Crippen molar-refractivity contribution in [2.75, 3.05) is 12.3 Å². The molecule has 0 aromatic carbocycles. The van der Waals surface area contributed by atoms with Gasteiger partial charge in [0.15, 0.2) is 0 Å². The Morgan fingerprint density at radius 2 is 2.04 bits per heavy atom. The van der Waals surface area contributed by atoms with Gasteiger partial charge in [-0.1, -0.05) is 44.2 Å². The Morgan fingerprint density at radius 1 is 1.30 bits per heavy atom. The summed E-state index contributed by atoms with van der Waals surface area (Å²) in [5.74, 6) is -0.131. The maximum Gasteiger partial charge on any atom is 0.259 e. The molecule has 2 heterocycles. The van der Waals surface area contributed by atoms with Crippen LogP contribution in [0, 0.1) is 6.92 Å². The van der Waals surface area contributed by atoms with Gasteiger partial charge in [0, 0.05) is 6.54 Å². The summed E-state index contributed by atoms with van der Waals surface area (Å²) in [6, 6.07) is 1.99. The standard InChI is InChI=1S/C17H25N3O2S/c1-3-4-5-6-7-8-10-19-17(21)13-14(20-22-16(13)18)15-12(2)9-11-23-15/h9,11H,3-8,10,18H2,1-2H3,(H,19,21). The van der Waals surface area contributed by atoms with Crippen LogP contribution in [-0.2, 0) is 0 Å². The van der Waals surface area contributed by atoms with Gasteiger partial charge in [0.25, 0.3) is 5.91 Å². The van der Waals surface area contributed by atoms with Gasteiger partial charge in [-0.2, -0.15) is 0 Å². The van der Waals surface area contributed by atoms with E-state index >= 15 is 0 Å². The monoisotopic (exact) mass is 335 g/mol. The van der Waals surface area contributed by atoms with Crippen LogP contribution < -0.4 is 11.1 Å². The van der Waals surface area contributed by atoms with E-state index < -0.39 is 0 Å². The van der Waals surface area contributed by atoms with Crippen LogP contribution in [0.4, 0.5) is 5.88 Å². The second-order valence-corrected chi connectivity index (χ2v) is 6.64. The number of nitrogens with one attached hydrogen (secondary N) is 1. The van der Waals surface area contributed by atoms with Gasteiger partial charge in [-0.15, -0.1) is 11.3 Å². The Labute approximate surface area is 141 Å². The van der Waals surface area contributed by atoms with Crippen molar-refractivity contribution < 1.29 is 9.32 Å². The van der Waals surface area contributed by atoms with Gasteiger partial charge in [-0.25, -0.2) is 0 Å².